The van der Waals surface area contributed by atoms with Gasteiger partial charge in [0.25, 0.3) is 5.56 Å². The van der Waals surface area contributed by atoms with Gasteiger partial charge in [-0.05, 0) is 32.0 Å². The topological polar surface area (TPSA) is 34.9 Å². The molecule has 78 valence electrons. The predicted octanol–water partition coefficient (Wildman–Crippen LogP) is 2.38. The number of hydrogen-bond donors (Lipinski definition) is 0. The Balaban J connectivity index is 2.92. The summed E-state index contributed by atoms with van der Waals surface area (Å²) in [5.41, 5.74) is 0.675. The molecule has 0 aliphatic rings. The normalized spacial score (nSPS) is 10.9. The molecule has 0 radical (unpaired) electrons. The van der Waals surface area contributed by atoms with Gasteiger partial charge in [0.15, 0.2) is 0 Å². The van der Waals surface area contributed by atoms with Crippen molar-refractivity contribution < 1.29 is 0 Å². The van der Waals surface area contributed by atoms with Gasteiger partial charge in [0.2, 0.25) is 0 Å². The molecule has 0 bridgehead atoms. The van der Waals surface area contributed by atoms with Crippen LogP contribution in [-0.2, 0) is 6.54 Å². The molecule has 1 aromatic carbocycles. The summed E-state index contributed by atoms with van der Waals surface area (Å²) in [6, 6.07) is 5.18. The summed E-state index contributed by atoms with van der Waals surface area (Å²) in [5, 5.41) is 1.14. The number of benzene rings is 1. The fourth-order valence-corrected chi connectivity index (χ4v) is 1.85. The number of rotatable bonds is 1. The van der Waals surface area contributed by atoms with E-state index >= 15 is 0 Å². The van der Waals surface area contributed by atoms with Crippen molar-refractivity contribution in [3.8, 4) is 0 Å². The van der Waals surface area contributed by atoms with Crippen molar-refractivity contribution in [2.75, 3.05) is 0 Å². The lowest BCUT2D eigenvalue weighted by Crippen LogP contribution is -2.22. The quantitative estimate of drug-likeness (QED) is 0.743. The number of nitrogens with zero attached hydrogens (tertiary/aromatic N) is 2. The highest BCUT2D eigenvalue weighted by Crippen LogP contribution is 2.14. The first kappa shape index (κ1) is 10.2. The maximum atomic E-state index is 12.0. The molecule has 0 saturated heterocycles. The molecule has 0 spiro atoms. The SMILES string of the molecule is CCn1c(C)nc2ccc(Cl)cc2c1=O. The Morgan fingerprint density at radius 1 is 1.47 bits per heavy atom. The van der Waals surface area contributed by atoms with Crippen LogP contribution in [0.4, 0.5) is 0 Å². The van der Waals surface area contributed by atoms with Crippen molar-refractivity contribution in [2.45, 2.75) is 20.4 Å². The van der Waals surface area contributed by atoms with E-state index < -0.39 is 0 Å². The lowest BCUT2D eigenvalue weighted by atomic mass is 10.2. The van der Waals surface area contributed by atoms with E-state index in [0.717, 1.165) is 5.82 Å². The summed E-state index contributed by atoms with van der Waals surface area (Å²) in [6.07, 6.45) is 0. The molecule has 0 N–H and O–H groups in total. The van der Waals surface area contributed by atoms with Gasteiger partial charge in [-0.25, -0.2) is 4.98 Å². The van der Waals surface area contributed by atoms with Gasteiger partial charge in [0, 0.05) is 11.6 Å². The highest BCUT2D eigenvalue weighted by atomic mass is 35.5. The van der Waals surface area contributed by atoms with Crippen molar-refractivity contribution in [1.29, 1.82) is 0 Å². The maximum Gasteiger partial charge on any atom is 0.261 e. The molecule has 4 heteroatoms. The zero-order chi connectivity index (χ0) is 11.0. The standard InChI is InChI=1S/C11H11ClN2O/c1-3-14-7(2)13-10-5-4-8(12)6-9(10)11(14)15/h4-6H,3H2,1-2H3. The highest BCUT2D eigenvalue weighted by molar-refractivity contribution is 6.31. The Kier molecular flexibility index (Phi) is 2.49. The molecule has 0 unspecified atom stereocenters. The first-order valence-electron chi connectivity index (χ1n) is 4.80. The van der Waals surface area contributed by atoms with Crippen LogP contribution in [0, 0.1) is 6.92 Å². The molecule has 2 aromatic rings. The molecule has 0 saturated carbocycles. The van der Waals surface area contributed by atoms with Crippen molar-refractivity contribution in [3.05, 3.63) is 39.4 Å². The molecular formula is C11H11ClN2O. The van der Waals surface area contributed by atoms with Crippen LogP contribution >= 0.6 is 11.6 Å². The van der Waals surface area contributed by atoms with E-state index in [9.17, 15) is 4.79 Å². The van der Waals surface area contributed by atoms with Gasteiger partial charge in [-0.15, -0.1) is 0 Å². The zero-order valence-electron chi connectivity index (χ0n) is 8.62. The Labute approximate surface area is 92.3 Å². The maximum absolute atomic E-state index is 12.0. The van der Waals surface area contributed by atoms with Gasteiger partial charge in [0.05, 0.1) is 10.9 Å². The van der Waals surface area contributed by atoms with E-state index in [1.165, 1.54) is 0 Å². The summed E-state index contributed by atoms with van der Waals surface area (Å²) in [4.78, 5) is 16.3. The van der Waals surface area contributed by atoms with Gasteiger partial charge in [-0.1, -0.05) is 11.6 Å². The third kappa shape index (κ3) is 1.63. The monoisotopic (exact) mass is 222 g/mol. The molecule has 15 heavy (non-hydrogen) atoms. The van der Waals surface area contributed by atoms with Crippen molar-refractivity contribution >= 4 is 22.5 Å². The summed E-state index contributed by atoms with van der Waals surface area (Å²) in [6.45, 7) is 4.38. The Hall–Kier alpha value is -1.35. The third-order valence-corrected chi connectivity index (χ3v) is 2.66. The fraction of sp³-hybridized carbons (Fsp3) is 0.273. The number of fused-ring (bicyclic) bond motifs is 1. The van der Waals surface area contributed by atoms with E-state index in [1.807, 2.05) is 13.8 Å². The predicted molar refractivity (Wildman–Crippen MR) is 61.4 cm³/mol. The average Bonchev–Trinajstić information content (AvgIpc) is 2.20. The summed E-state index contributed by atoms with van der Waals surface area (Å²) >= 11 is 5.85. The minimum absolute atomic E-state index is 0.0255. The first-order valence-corrected chi connectivity index (χ1v) is 5.18. The van der Waals surface area contributed by atoms with Crippen LogP contribution in [0.5, 0.6) is 0 Å². The molecule has 0 aliphatic heterocycles. The minimum Gasteiger partial charge on any atom is -0.297 e. The second kappa shape index (κ2) is 3.66. The van der Waals surface area contributed by atoms with Crippen molar-refractivity contribution in [1.82, 2.24) is 9.55 Å². The second-order valence-electron chi connectivity index (χ2n) is 3.37. The van der Waals surface area contributed by atoms with Gasteiger partial charge in [-0.2, -0.15) is 0 Å². The summed E-state index contributed by atoms with van der Waals surface area (Å²) in [7, 11) is 0. The van der Waals surface area contributed by atoms with Crippen LogP contribution < -0.4 is 5.56 Å². The fourth-order valence-electron chi connectivity index (χ4n) is 1.68. The molecule has 0 atom stereocenters. The van der Waals surface area contributed by atoms with Crippen molar-refractivity contribution in [2.24, 2.45) is 0 Å². The molecule has 3 nitrogen and oxygen atoms in total. The van der Waals surface area contributed by atoms with Crippen LogP contribution in [-0.4, -0.2) is 9.55 Å². The van der Waals surface area contributed by atoms with Gasteiger partial charge in [0.1, 0.15) is 5.82 Å². The van der Waals surface area contributed by atoms with E-state index in [0.29, 0.717) is 22.5 Å². The number of hydrogen-bond acceptors (Lipinski definition) is 2. The summed E-state index contributed by atoms with van der Waals surface area (Å²) in [5.74, 6) is 0.734. The van der Waals surface area contributed by atoms with Crippen LogP contribution in [0.15, 0.2) is 23.0 Å². The summed E-state index contributed by atoms with van der Waals surface area (Å²) < 4.78 is 1.64. The van der Waals surface area contributed by atoms with Crippen molar-refractivity contribution in [3.63, 3.8) is 0 Å². The van der Waals surface area contributed by atoms with E-state index in [2.05, 4.69) is 4.98 Å². The number of aromatic nitrogens is 2. The number of aryl methyl sites for hydroxylation is 1. The van der Waals surface area contributed by atoms with Gasteiger partial charge < -0.3 is 0 Å². The molecule has 0 aliphatic carbocycles. The van der Waals surface area contributed by atoms with Gasteiger partial charge >= 0.3 is 0 Å². The highest BCUT2D eigenvalue weighted by Gasteiger charge is 2.06. The van der Waals surface area contributed by atoms with Crippen LogP contribution in [0.25, 0.3) is 10.9 Å². The molecule has 1 heterocycles. The largest absolute Gasteiger partial charge is 0.297 e. The molecule has 0 amide bonds. The van der Waals surface area contributed by atoms with Crippen LogP contribution in [0.1, 0.15) is 12.7 Å². The smallest absolute Gasteiger partial charge is 0.261 e. The lowest BCUT2D eigenvalue weighted by Gasteiger charge is -2.07. The van der Waals surface area contributed by atoms with Crippen LogP contribution in [0.2, 0.25) is 5.02 Å². The first-order chi connectivity index (χ1) is 7.13. The Morgan fingerprint density at radius 2 is 2.20 bits per heavy atom. The minimum atomic E-state index is -0.0255. The second-order valence-corrected chi connectivity index (χ2v) is 3.81. The molecule has 1 aromatic heterocycles. The van der Waals surface area contributed by atoms with E-state index in [4.69, 9.17) is 11.6 Å². The van der Waals surface area contributed by atoms with Gasteiger partial charge in [-0.3, -0.25) is 9.36 Å². The molecular weight excluding hydrogens is 212 g/mol. The molecule has 0 fully saturated rings. The third-order valence-electron chi connectivity index (χ3n) is 2.42. The number of halogens is 1. The average molecular weight is 223 g/mol. The zero-order valence-corrected chi connectivity index (χ0v) is 9.38. The Morgan fingerprint density at radius 3 is 2.87 bits per heavy atom. The van der Waals surface area contributed by atoms with E-state index in [1.54, 1.807) is 22.8 Å². The van der Waals surface area contributed by atoms with E-state index in [-0.39, 0.29) is 5.56 Å². The molecule has 2 rings (SSSR count). The lowest BCUT2D eigenvalue weighted by molar-refractivity contribution is 0.685. The Bertz CT molecular complexity index is 575. The van der Waals surface area contributed by atoms with Crippen LogP contribution in [0.3, 0.4) is 0 Å².